The summed E-state index contributed by atoms with van der Waals surface area (Å²) in [7, 11) is 1.99. The molecule has 0 saturated heterocycles. The Kier molecular flexibility index (Phi) is 6.71. The highest BCUT2D eigenvalue weighted by atomic mass is 32.1. The van der Waals surface area contributed by atoms with E-state index < -0.39 is 0 Å². The van der Waals surface area contributed by atoms with E-state index in [2.05, 4.69) is 19.1 Å². The van der Waals surface area contributed by atoms with Crippen LogP contribution in [0.15, 0.2) is 24.4 Å². The third kappa shape index (κ3) is 5.37. The lowest BCUT2D eigenvalue weighted by Gasteiger charge is -2.09. The minimum absolute atomic E-state index is 0.570. The molecule has 0 unspecified atom stereocenters. The van der Waals surface area contributed by atoms with Crippen LogP contribution in [0.3, 0.4) is 0 Å². The summed E-state index contributed by atoms with van der Waals surface area (Å²) >= 11 is 1.75. The molecule has 3 heteroatoms. The van der Waals surface area contributed by atoms with Crippen LogP contribution in [0, 0.1) is 12.3 Å². The first kappa shape index (κ1) is 13.9. The fraction of sp³-hybridized carbons (Fsp3) is 0.417. The zero-order chi connectivity index (χ0) is 11.8. The number of anilines is 1. The molecule has 2 nitrogen and oxygen atoms in total. The maximum absolute atomic E-state index is 7.25. The van der Waals surface area contributed by atoms with Gasteiger partial charge in [0.25, 0.3) is 0 Å². The maximum atomic E-state index is 7.25. The van der Waals surface area contributed by atoms with Crippen molar-refractivity contribution in [2.75, 3.05) is 11.9 Å². The minimum Gasteiger partial charge on any atom is -0.343 e. The van der Waals surface area contributed by atoms with E-state index in [-0.39, 0.29) is 0 Å². The quantitative estimate of drug-likeness (QED) is 0.770. The van der Waals surface area contributed by atoms with Crippen LogP contribution < -0.4 is 4.90 Å². The zero-order valence-electron chi connectivity index (χ0n) is 10.2. The molecule has 0 radical (unpaired) electrons. The number of nitrogens with zero attached hydrogens (tertiary/aromatic N) is 1. The number of thiophene rings is 1. The van der Waals surface area contributed by atoms with Crippen LogP contribution in [0.2, 0.25) is 0 Å². The first-order chi connectivity index (χ1) is 7.09. The third-order valence-electron chi connectivity index (χ3n) is 1.62. The minimum atomic E-state index is 0.570. The Morgan fingerprint density at radius 2 is 2.00 bits per heavy atom. The van der Waals surface area contributed by atoms with Crippen LogP contribution in [-0.2, 0) is 0 Å². The van der Waals surface area contributed by atoms with Crippen molar-refractivity contribution >= 4 is 22.0 Å². The second kappa shape index (κ2) is 7.23. The summed E-state index contributed by atoms with van der Waals surface area (Å²) in [6.07, 6.45) is 3.70. The van der Waals surface area contributed by atoms with Gasteiger partial charge in [-0.1, -0.05) is 13.8 Å². The molecule has 0 aromatic carbocycles. The molecule has 0 atom stereocenters. The third-order valence-corrected chi connectivity index (χ3v) is 2.71. The normalized spacial score (nSPS) is 9.67. The Labute approximate surface area is 96.8 Å². The number of rotatable bonds is 3. The predicted molar refractivity (Wildman–Crippen MR) is 71.3 cm³/mol. The molecule has 0 aliphatic carbocycles. The van der Waals surface area contributed by atoms with E-state index in [4.69, 9.17) is 5.41 Å². The Balaban J connectivity index is 0.000000921. The molecule has 84 valence electrons. The monoisotopic (exact) mass is 224 g/mol. The molecule has 0 aliphatic heterocycles. The van der Waals surface area contributed by atoms with Gasteiger partial charge in [0.05, 0.1) is 5.00 Å². The van der Waals surface area contributed by atoms with Crippen molar-refractivity contribution in [2.24, 2.45) is 0 Å². The maximum Gasteiger partial charge on any atom is 0.0948 e. The summed E-state index contributed by atoms with van der Waals surface area (Å²) in [6.45, 7) is 7.86. The van der Waals surface area contributed by atoms with Gasteiger partial charge in [0.2, 0.25) is 0 Å². The first-order valence-electron chi connectivity index (χ1n) is 5.12. The van der Waals surface area contributed by atoms with E-state index in [1.54, 1.807) is 24.3 Å². The van der Waals surface area contributed by atoms with Crippen LogP contribution >= 0.6 is 11.3 Å². The highest BCUT2D eigenvalue weighted by Gasteiger charge is 1.98. The van der Waals surface area contributed by atoms with Crippen LogP contribution in [-0.4, -0.2) is 12.8 Å². The topological polar surface area (TPSA) is 27.1 Å². The van der Waals surface area contributed by atoms with Crippen molar-refractivity contribution in [3.63, 3.8) is 0 Å². The van der Waals surface area contributed by atoms with Gasteiger partial charge >= 0.3 is 0 Å². The molecule has 0 aliphatic rings. The molecule has 1 heterocycles. The summed E-state index contributed by atoms with van der Waals surface area (Å²) in [6, 6.07) is 4.19. The van der Waals surface area contributed by atoms with E-state index in [1.807, 2.05) is 32.0 Å². The van der Waals surface area contributed by atoms with E-state index >= 15 is 0 Å². The Morgan fingerprint density at radius 3 is 2.40 bits per heavy atom. The van der Waals surface area contributed by atoms with E-state index in [1.165, 1.54) is 9.88 Å². The van der Waals surface area contributed by atoms with Crippen LogP contribution in [0.5, 0.6) is 0 Å². The summed E-state index contributed by atoms with van der Waals surface area (Å²) in [5, 5.41) is 8.45. The highest BCUT2D eigenvalue weighted by molar-refractivity contribution is 7.16. The van der Waals surface area contributed by atoms with Crippen LogP contribution in [0.4, 0.5) is 5.00 Å². The number of allylic oxidation sites excluding steroid dienone is 1. The molecule has 1 aromatic heterocycles. The van der Waals surface area contributed by atoms with Crippen molar-refractivity contribution < 1.29 is 0 Å². The lowest BCUT2D eigenvalue weighted by Crippen LogP contribution is -2.06. The molecule has 0 bridgehead atoms. The summed E-state index contributed by atoms with van der Waals surface area (Å²) in [4.78, 5) is 3.33. The Morgan fingerprint density at radius 1 is 1.40 bits per heavy atom. The largest absolute Gasteiger partial charge is 0.343 e. The fourth-order valence-corrected chi connectivity index (χ4v) is 1.72. The second-order valence-corrected chi connectivity index (χ2v) is 4.26. The van der Waals surface area contributed by atoms with Crippen molar-refractivity contribution in [1.82, 2.24) is 0 Å². The summed E-state index contributed by atoms with van der Waals surface area (Å²) in [5.74, 6) is 0. The van der Waals surface area contributed by atoms with E-state index in [0.717, 1.165) is 0 Å². The van der Waals surface area contributed by atoms with Crippen molar-refractivity contribution in [3.05, 3.63) is 29.3 Å². The van der Waals surface area contributed by atoms with Gasteiger partial charge in [-0.3, -0.25) is 0 Å². The van der Waals surface area contributed by atoms with Gasteiger partial charge in [-0.25, -0.2) is 0 Å². The lowest BCUT2D eigenvalue weighted by atomic mass is 10.4. The van der Waals surface area contributed by atoms with Crippen LogP contribution in [0.1, 0.15) is 25.6 Å². The van der Waals surface area contributed by atoms with Crippen molar-refractivity contribution in [3.8, 4) is 0 Å². The molecule has 1 N–H and O–H groups in total. The first-order valence-corrected chi connectivity index (χ1v) is 5.94. The van der Waals surface area contributed by atoms with Crippen molar-refractivity contribution in [1.29, 1.82) is 5.41 Å². The van der Waals surface area contributed by atoms with E-state index in [9.17, 15) is 0 Å². The average Bonchev–Trinajstić information content (AvgIpc) is 2.64. The summed E-state index contributed by atoms with van der Waals surface area (Å²) in [5.41, 5.74) is 0.570. The molecule has 0 saturated carbocycles. The standard InChI is InChI=1S/C10H14N2S.C2H6/c1-8(11)6-7-12(3)10-5-4-9(2)13-10;1-2/h4-7,11H,1-3H3;1-2H3/b7-6-,11-8?;. The fourth-order valence-electron chi connectivity index (χ4n) is 0.908. The molecular weight excluding hydrogens is 204 g/mol. The van der Waals surface area contributed by atoms with E-state index in [0.29, 0.717) is 5.71 Å². The SMILES string of the molecule is CC.CC(=N)/C=C\N(C)c1ccc(C)s1. The molecule has 0 spiro atoms. The number of hydrogen-bond donors (Lipinski definition) is 1. The average molecular weight is 224 g/mol. The molecule has 1 aromatic rings. The Hall–Kier alpha value is -1.09. The van der Waals surface area contributed by atoms with Gasteiger partial charge in [0.1, 0.15) is 0 Å². The van der Waals surface area contributed by atoms with Gasteiger partial charge in [0, 0.05) is 23.8 Å². The number of aryl methyl sites for hydroxylation is 1. The molecule has 0 fully saturated rings. The molecule has 0 amide bonds. The van der Waals surface area contributed by atoms with Crippen molar-refractivity contribution in [2.45, 2.75) is 27.7 Å². The zero-order valence-corrected chi connectivity index (χ0v) is 11.0. The lowest BCUT2D eigenvalue weighted by molar-refractivity contribution is 1.23. The van der Waals surface area contributed by atoms with Gasteiger partial charge < -0.3 is 10.3 Å². The molecular formula is C12H20N2S. The summed E-state index contributed by atoms with van der Waals surface area (Å²) < 4.78 is 0. The molecule has 15 heavy (non-hydrogen) atoms. The van der Waals surface area contributed by atoms with Gasteiger partial charge in [-0.2, -0.15) is 0 Å². The number of nitrogens with one attached hydrogen (secondary N) is 1. The molecule has 1 rings (SSSR count). The Bertz CT molecular complexity index is 326. The highest BCUT2D eigenvalue weighted by Crippen LogP contribution is 2.24. The second-order valence-electron chi connectivity index (χ2n) is 2.99. The van der Waals surface area contributed by atoms with Gasteiger partial charge in [0.15, 0.2) is 0 Å². The smallest absolute Gasteiger partial charge is 0.0948 e. The van der Waals surface area contributed by atoms with Crippen LogP contribution in [0.25, 0.3) is 0 Å². The predicted octanol–water partition coefficient (Wildman–Crippen LogP) is 4.07. The van der Waals surface area contributed by atoms with Gasteiger partial charge in [-0.05, 0) is 32.1 Å². The van der Waals surface area contributed by atoms with Gasteiger partial charge in [-0.15, -0.1) is 11.3 Å². The number of hydrogen-bond acceptors (Lipinski definition) is 3.